The third-order valence-corrected chi connectivity index (χ3v) is 1.74. The van der Waals surface area contributed by atoms with E-state index in [1.165, 1.54) is 0 Å². The lowest BCUT2D eigenvalue weighted by Crippen LogP contribution is -1.63. The van der Waals surface area contributed by atoms with Gasteiger partial charge in [-0.15, -0.1) is 0 Å². The Balaban J connectivity index is 2.61. The van der Waals surface area contributed by atoms with Crippen LogP contribution in [-0.2, 0) is 0 Å². The molecule has 1 heterocycles. The lowest BCUT2D eigenvalue weighted by atomic mass is 10.6. The van der Waals surface area contributed by atoms with Crippen molar-refractivity contribution in [2.45, 2.75) is 0 Å². The Kier molecular flexibility index (Phi) is 0.709. The monoisotopic (exact) mass is 82.0 g/mol. The molecule has 0 amide bonds. The maximum absolute atomic E-state index is 2.26. The second kappa shape index (κ2) is 1.22. The van der Waals surface area contributed by atoms with Gasteiger partial charge in [0.2, 0.25) is 0 Å². The van der Waals surface area contributed by atoms with E-state index in [1.54, 1.807) is 0 Å². The fraction of sp³-hybridized carbons (Fsp3) is 0. The lowest BCUT2D eigenvalue weighted by molar-refractivity contribution is 2.15. The Labute approximate surface area is 34.0 Å². The predicted octanol–water partition coefficient (Wildman–Crippen LogP) is 0.196. The van der Waals surface area contributed by atoms with Gasteiger partial charge in [0.05, 0.1) is 9.52 Å². The number of rotatable bonds is 0. The summed E-state index contributed by atoms with van der Waals surface area (Å²) in [6.07, 6.45) is 4.23. The molecule has 0 nitrogen and oxygen atoms in total. The van der Waals surface area contributed by atoms with Crippen molar-refractivity contribution in [1.29, 1.82) is 0 Å². The normalized spacial score (nSPS) is 17.6. The van der Waals surface area contributed by atoms with Gasteiger partial charge in [-0.25, -0.2) is 0 Å². The Morgan fingerprint density at radius 1 is 1.00 bits per heavy atom. The van der Waals surface area contributed by atoms with Crippen LogP contribution in [0.3, 0.4) is 0 Å². The smallest absolute Gasteiger partial charge is 0.0691 e. The molecule has 0 saturated carbocycles. The second-order valence-corrected chi connectivity index (χ2v) is 2.51. The van der Waals surface area contributed by atoms with Crippen LogP contribution < -0.4 is 0 Å². The van der Waals surface area contributed by atoms with Crippen molar-refractivity contribution < 1.29 is 0 Å². The standard InChI is InChI=1S/C4H6Si/c1-2-4-5-3-1/h1-4H,5H2. The average Bonchev–Trinajstić information content (AvgIpc) is 1.76. The predicted molar refractivity (Wildman–Crippen MR) is 26.8 cm³/mol. The molecular formula is C4H6Si. The van der Waals surface area contributed by atoms with Gasteiger partial charge in [0.25, 0.3) is 0 Å². The molecule has 0 fully saturated rings. The molecule has 0 N–H and O–H groups in total. The molecule has 0 aromatic carbocycles. The summed E-state index contributed by atoms with van der Waals surface area (Å²) in [5, 5.41) is 0. The van der Waals surface area contributed by atoms with E-state index in [2.05, 4.69) is 23.6 Å². The van der Waals surface area contributed by atoms with Crippen molar-refractivity contribution in [2.75, 3.05) is 0 Å². The summed E-state index contributed by atoms with van der Waals surface area (Å²) < 4.78 is 0. The highest BCUT2D eigenvalue weighted by Gasteiger charge is 1.73. The van der Waals surface area contributed by atoms with Gasteiger partial charge in [0, 0.05) is 0 Å². The molecule has 0 aromatic heterocycles. The van der Waals surface area contributed by atoms with E-state index >= 15 is 0 Å². The van der Waals surface area contributed by atoms with E-state index in [-0.39, 0.29) is 9.52 Å². The Morgan fingerprint density at radius 3 is 1.80 bits per heavy atom. The molecule has 0 radical (unpaired) electrons. The number of hydrogen-bond acceptors (Lipinski definition) is 0. The van der Waals surface area contributed by atoms with Gasteiger partial charge < -0.3 is 0 Å². The summed E-state index contributed by atoms with van der Waals surface area (Å²) in [4.78, 5) is 0. The van der Waals surface area contributed by atoms with Crippen LogP contribution in [0.25, 0.3) is 0 Å². The lowest BCUT2D eigenvalue weighted by Gasteiger charge is -1.54. The molecule has 26 valence electrons. The zero-order valence-electron chi connectivity index (χ0n) is 3.02. The molecule has 1 aliphatic heterocycles. The van der Waals surface area contributed by atoms with E-state index in [0.717, 1.165) is 0 Å². The third kappa shape index (κ3) is 0.483. The van der Waals surface area contributed by atoms with Gasteiger partial charge in [-0.2, -0.15) is 0 Å². The van der Waals surface area contributed by atoms with Crippen molar-refractivity contribution >= 4 is 9.52 Å². The highest BCUT2D eigenvalue weighted by atomic mass is 28.2. The van der Waals surface area contributed by atoms with Crippen molar-refractivity contribution in [3.63, 3.8) is 0 Å². The van der Waals surface area contributed by atoms with E-state index in [1.807, 2.05) is 0 Å². The highest BCUT2D eigenvalue weighted by molar-refractivity contribution is 6.49. The van der Waals surface area contributed by atoms with E-state index < -0.39 is 0 Å². The van der Waals surface area contributed by atoms with Crippen LogP contribution in [0.4, 0.5) is 0 Å². The SMILES string of the molecule is C1=C[SiH2]C=C1. The van der Waals surface area contributed by atoms with Crippen molar-refractivity contribution in [1.82, 2.24) is 0 Å². The van der Waals surface area contributed by atoms with Crippen LogP contribution in [0.15, 0.2) is 23.6 Å². The summed E-state index contributed by atoms with van der Waals surface area (Å²) in [5.41, 5.74) is 4.53. The fourth-order valence-electron chi connectivity index (χ4n) is 0.393. The molecule has 0 unspecified atom stereocenters. The summed E-state index contributed by atoms with van der Waals surface area (Å²) in [5.74, 6) is 0. The van der Waals surface area contributed by atoms with Crippen LogP contribution in [0.2, 0.25) is 0 Å². The van der Waals surface area contributed by atoms with Crippen molar-refractivity contribution in [2.24, 2.45) is 0 Å². The molecule has 1 aliphatic rings. The Morgan fingerprint density at radius 2 is 1.60 bits per heavy atom. The first kappa shape index (κ1) is 2.91. The summed E-state index contributed by atoms with van der Waals surface area (Å²) in [6, 6.07) is 0. The molecule has 0 spiro atoms. The first-order valence-electron chi connectivity index (χ1n) is 1.82. The molecule has 0 aliphatic carbocycles. The summed E-state index contributed by atoms with van der Waals surface area (Å²) in [7, 11) is 0.182. The largest absolute Gasteiger partial charge is 0.0969 e. The van der Waals surface area contributed by atoms with Gasteiger partial charge in [-0.05, 0) is 0 Å². The van der Waals surface area contributed by atoms with E-state index in [4.69, 9.17) is 0 Å². The zero-order valence-corrected chi connectivity index (χ0v) is 4.43. The first-order chi connectivity index (χ1) is 2.50. The third-order valence-electron chi connectivity index (χ3n) is 0.655. The average molecular weight is 82.2 g/mol. The van der Waals surface area contributed by atoms with Crippen LogP contribution in [0, 0.1) is 0 Å². The first-order valence-corrected chi connectivity index (χ1v) is 3.45. The maximum Gasteiger partial charge on any atom is 0.0691 e. The molecule has 0 saturated heterocycles. The second-order valence-electron chi connectivity index (χ2n) is 1.09. The van der Waals surface area contributed by atoms with E-state index in [9.17, 15) is 0 Å². The molecule has 1 heteroatoms. The minimum absolute atomic E-state index is 0.182. The van der Waals surface area contributed by atoms with Gasteiger partial charge >= 0.3 is 0 Å². The van der Waals surface area contributed by atoms with Crippen molar-refractivity contribution in [3.8, 4) is 0 Å². The molecule has 0 atom stereocenters. The van der Waals surface area contributed by atoms with Crippen molar-refractivity contribution in [3.05, 3.63) is 23.6 Å². The molecular weight excluding hydrogens is 76.1 g/mol. The Bertz CT molecular complexity index is 61.7. The Hall–Kier alpha value is -0.303. The topological polar surface area (TPSA) is 0 Å². The summed E-state index contributed by atoms with van der Waals surface area (Å²) >= 11 is 0. The van der Waals surface area contributed by atoms with Gasteiger partial charge in [-0.1, -0.05) is 23.6 Å². The van der Waals surface area contributed by atoms with E-state index in [0.29, 0.717) is 0 Å². The van der Waals surface area contributed by atoms with Gasteiger partial charge in [0.15, 0.2) is 0 Å². The fourth-order valence-corrected chi connectivity index (χ4v) is 1.18. The summed E-state index contributed by atoms with van der Waals surface area (Å²) in [6.45, 7) is 0. The molecule has 5 heavy (non-hydrogen) atoms. The van der Waals surface area contributed by atoms with Crippen LogP contribution in [0.5, 0.6) is 0 Å². The minimum Gasteiger partial charge on any atom is -0.0969 e. The zero-order chi connectivity index (χ0) is 3.54. The van der Waals surface area contributed by atoms with Crippen LogP contribution in [0.1, 0.15) is 0 Å². The molecule has 0 bridgehead atoms. The van der Waals surface area contributed by atoms with Crippen LogP contribution in [-0.4, -0.2) is 9.52 Å². The minimum atomic E-state index is 0.182. The highest BCUT2D eigenvalue weighted by Crippen LogP contribution is 1.82. The van der Waals surface area contributed by atoms with Crippen LogP contribution >= 0.6 is 0 Å². The number of allylic oxidation sites excluding steroid dienone is 2. The van der Waals surface area contributed by atoms with Gasteiger partial charge in [-0.3, -0.25) is 0 Å². The number of hydrogen-bond donors (Lipinski definition) is 0. The quantitative estimate of drug-likeness (QED) is 0.366. The van der Waals surface area contributed by atoms with Gasteiger partial charge in [0.1, 0.15) is 0 Å². The molecule has 1 rings (SSSR count). The maximum atomic E-state index is 2.26. The molecule has 0 aromatic rings.